The van der Waals surface area contributed by atoms with Crippen molar-refractivity contribution in [1.82, 2.24) is 9.29 Å². The van der Waals surface area contributed by atoms with Gasteiger partial charge in [-0.3, -0.25) is 4.79 Å². The number of benzene rings is 1. The fourth-order valence-electron chi connectivity index (χ4n) is 3.93. The molecule has 10 heteroatoms. The first-order valence-electron chi connectivity index (χ1n) is 10.5. The fraction of sp³-hybridized carbons (Fsp3) is 0.455. The van der Waals surface area contributed by atoms with Crippen molar-refractivity contribution in [3.63, 3.8) is 0 Å². The SMILES string of the molecule is CCOC(=O)c1c(C)[nH]c(C)c1S(=O)(=O)N1CCC(C(=O)Nc2ccc(C)c(F)c2)CC1. The molecule has 2 aromatic rings. The number of nitrogens with zero attached hydrogens (tertiary/aromatic N) is 1. The van der Waals surface area contributed by atoms with Gasteiger partial charge in [0.05, 0.1) is 6.61 Å². The molecular formula is C22H28FN3O5S. The molecule has 1 aromatic carbocycles. The van der Waals surface area contributed by atoms with Gasteiger partial charge in [0.15, 0.2) is 0 Å². The average Bonchev–Trinajstić information content (AvgIpc) is 3.05. The van der Waals surface area contributed by atoms with Crippen LogP contribution in [0.4, 0.5) is 10.1 Å². The minimum Gasteiger partial charge on any atom is -0.462 e. The van der Waals surface area contributed by atoms with E-state index in [9.17, 15) is 22.4 Å². The van der Waals surface area contributed by atoms with Crippen LogP contribution >= 0.6 is 0 Å². The van der Waals surface area contributed by atoms with Crippen LogP contribution in [0.1, 0.15) is 47.1 Å². The van der Waals surface area contributed by atoms with Crippen LogP contribution in [0.5, 0.6) is 0 Å². The number of ether oxygens (including phenoxy) is 1. The van der Waals surface area contributed by atoms with Gasteiger partial charge in [0, 0.05) is 36.1 Å². The molecule has 174 valence electrons. The molecule has 0 unspecified atom stereocenters. The van der Waals surface area contributed by atoms with Crippen molar-refractivity contribution in [3.8, 4) is 0 Å². The zero-order valence-corrected chi connectivity index (χ0v) is 19.4. The molecule has 3 rings (SSSR count). The second-order valence-electron chi connectivity index (χ2n) is 7.93. The average molecular weight is 466 g/mol. The van der Waals surface area contributed by atoms with Gasteiger partial charge in [0.25, 0.3) is 0 Å². The van der Waals surface area contributed by atoms with E-state index in [1.54, 1.807) is 39.8 Å². The number of sulfonamides is 1. The molecule has 0 bridgehead atoms. The standard InChI is InChI=1S/C22H28FN3O5S/c1-5-31-22(28)19-14(3)24-15(4)20(19)32(29,30)26-10-8-16(9-11-26)21(27)25-17-7-6-13(2)18(23)12-17/h6-7,12,16,24H,5,8-11H2,1-4H3,(H,25,27). The maximum Gasteiger partial charge on any atom is 0.341 e. The molecule has 1 amide bonds. The molecule has 2 heterocycles. The fourth-order valence-corrected chi connectivity index (χ4v) is 5.81. The Hall–Kier alpha value is -2.72. The van der Waals surface area contributed by atoms with E-state index in [1.165, 1.54) is 10.4 Å². The Morgan fingerprint density at radius 2 is 1.84 bits per heavy atom. The summed E-state index contributed by atoms with van der Waals surface area (Å²) in [7, 11) is -3.96. The van der Waals surface area contributed by atoms with Crippen LogP contribution in [0.3, 0.4) is 0 Å². The van der Waals surface area contributed by atoms with Gasteiger partial charge in [0.2, 0.25) is 15.9 Å². The van der Waals surface area contributed by atoms with E-state index < -0.39 is 27.7 Å². The molecule has 1 aliphatic heterocycles. The van der Waals surface area contributed by atoms with Gasteiger partial charge in [0.1, 0.15) is 16.3 Å². The number of carbonyl (C=O) groups excluding carboxylic acids is 2. The lowest BCUT2D eigenvalue weighted by molar-refractivity contribution is -0.120. The Balaban J connectivity index is 1.72. The number of aromatic nitrogens is 1. The summed E-state index contributed by atoms with van der Waals surface area (Å²) in [6.45, 7) is 6.92. The number of rotatable bonds is 6. The minimum atomic E-state index is -3.96. The van der Waals surface area contributed by atoms with Crippen LogP contribution in [-0.2, 0) is 19.6 Å². The number of halogens is 1. The van der Waals surface area contributed by atoms with Gasteiger partial charge in [-0.15, -0.1) is 0 Å². The first-order chi connectivity index (χ1) is 15.1. The van der Waals surface area contributed by atoms with Crippen LogP contribution in [0.15, 0.2) is 23.1 Å². The normalized spacial score (nSPS) is 15.5. The number of piperidine rings is 1. The van der Waals surface area contributed by atoms with E-state index in [1.807, 2.05) is 0 Å². The predicted molar refractivity (Wildman–Crippen MR) is 117 cm³/mol. The Labute approximate surface area is 187 Å². The molecule has 1 aromatic heterocycles. The first-order valence-corrected chi connectivity index (χ1v) is 11.9. The lowest BCUT2D eigenvalue weighted by Gasteiger charge is -2.30. The zero-order chi connectivity index (χ0) is 23.6. The number of aromatic amines is 1. The molecule has 0 saturated carbocycles. The molecule has 8 nitrogen and oxygen atoms in total. The lowest BCUT2D eigenvalue weighted by Crippen LogP contribution is -2.41. The maximum absolute atomic E-state index is 13.7. The number of anilines is 1. The molecule has 2 N–H and O–H groups in total. The first kappa shape index (κ1) is 23.9. The summed E-state index contributed by atoms with van der Waals surface area (Å²) in [4.78, 5) is 27.8. The number of nitrogens with one attached hydrogen (secondary N) is 2. The zero-order valence-electron chi connectivity index (χ0n) is 18.6. The van der Waals surface area contributed by atoms with E-state index in [0.717, 1.165) is 0 Å². The van der Waals surface area contributed by atoms with Gasteiger partial charge >= 0.3 is 5.97 Å². The smallest absolute Gasteiger partial charge is 0.341 e. The summed E-state index contributed by atoms with van der Waals surface area (Å²) < 4.78 is 46.8. The summed E-state index contributed by atoms with van der Waals surface area (Å²) >= 11 is 0. The third-order valence-corrected chi connectivity index (χ3v) is 7.73. The summed E-state index contributed by atoms with van der Waals surface area (Å²) in [5, 5.41) is 2.70. The van der Waals surface area contributed by atoms with Gasteiger partial charge in [-0.05, 0) is 58.2 Å². The van der Waals surface area contributed by atoms with E-state index in [0.29, 0.717) is 35.5 Å². The second-order valence-corrected chi connectivity index (χ2v) is 9.81. The van der Waals surface area contributed by atoms with Gasteiger partial charge < -0.3 is 15.0 Å². The minimum absolute atomic E-state index is 0.0191. The maximum atomic E-state index is 13.7. The third kappa shape index (κ3) is 4.71. The third-order valence-electron chi connectivity index (χ3n) is 5.66. The highest BCUT2D eigenvalue weighted by atomic mass is 32.2. The Morgan fingerprint density at radius 1 is 1.19 bits per heavy atom. The molecule has 0 radical (unpaired) electrons. The molecular weight excluding hydrogens is 437 g/mol. The van der Waals surface area contributed by atoms with Crippen LogP contribution < -0.4 is 5.32 Å². The number of H-pyrrole nitrogens is 1. The Bertz CT molecular complexity index is 1130. The number of esters is 1. The van der Waals surface area contributed by atoms with Crippen LogP contribution in [-0.4, -0.2) is 49.3 Å². The summed E-state index contributed by atoms with van der Waals surface area (Å²) in [5.74, 6) is -1.76. The van der Waals surface area contributed by atoms with Crippen molar-refractivity contribution in [3.05, 3.63) is 46.5 Å². The molecule has 0 atom stereocenters. The van der Waals surface area contributed by atoms with E-state index >= 15 is 0 Å². The number of hydrogen-bond donors (Lipinski definition) is 2. The van der Waals surface area contributed by atoms with Crippen LogP contribution in [0, 0.1) is 32.5 Å². The summed E-state index contributed by atoms with van der Waals surface area (Å²) in [6.07, 6.45) is 0.632. The largest absolute Gasteiger partial charge is 0.462 e. The molecule has 1 aliphatic rings. The number of amides is 1. The summed E-state index contributed by atoms with van der Waals surface area (Å²) in [6, 6.07) is 4.48. The van der Waals surface area contributed by atoms with E-state index in [2.05, 4.69) is 10.3 Å². The van der Waals surface area contributed by atoms with Crippen molar-refractivity contribution < 1.29 is 27.1 Å². The van der Waals surface area contributed by atoms with Gasteiger partial charge in [-0.25, -0.2) is 17.6 Å². The lowest BCUT2D eigenvalue weighted by atomic mass is 9.97. The second kappa shape index (κ2) is 9.41. The molecule has 0 aliphatic carbocycles. The molecule has 0 spiro atoms. The molecule has 1 fully saturated rings. The van der Waals surface area contributed by atoms with E-state index in [4.69, 9.17) is 4.74 Å². The van der Waals surface area contributed by atoms with Crippen molar-refractivity contribution in [2.45, 2.75) is 45.4 Å². The van der Waals surface area contributed by atoms with Crippen molar-refractivity contribution in [1.29, 1.82) is 0 Å². The topological polar surface area (TPSA) is 109 Å². The number of aryl methyl sites for hydroxylation is 3. The van der Waals surface area contributed by atoms with Crippen LogP contribution in [0.2, 0.25) is 0 Å². The predicted octanol–water partition coefficient (Wildman–Crippen LogP) is 3.30. The highest BCUT2D eigenvalue weighted by Crippen LogP contribution is 2.31. The Kier molecular flexibility index (Phi) is 7.04. The number of carbonyl (C=O) groups is 2. The van der Waals surface area contributed by atoms with Gasteiger partial charge in [-0.2, -0.15) is 4.31 Å². The summed E-state index contributed by atoms with van der Waals surface area (Å²) in [5.41, 5.74) is 1.67. The van der Waals surface area contributed by atoms with Crippen molar-refractivity contribution >= 4 is 27.6 Å². The number of hydrogen-bond acceptors (Lipinski definition) is 5. The monoisotopic (exact) mass is 465 g/mol. The molecule has 32 heavy (non-hydrogen) atoms. The highest BCUT2D eigenvalue weighted by molar-refractivity contribution is 7.89. The Morgan fingerprint density at radius 3 is 2.44 bits per heavy atom. The quantitative estimate of drug-likeness (QED) is 0.637. The van der Waals surface area contributed by atoms with Crippen LogP contribution in [0.25, 0.3) is 0 Å². The van der Waals surface area contributed by atoms with E-state index in [-0.39, 0.29) is 36.1 Å². The van der Waals surface area contributed by atoms with Gasteiger partial charge in [-0.1, -0.05) is 6.07 Å². The highest BCUT2D eigenvalue weighted by Gasteiger charge is 2.37. The van der Waals surface area contributed by atoms with Crippen molar-refractivity contribution in [2.24, 2.45) is 5.92 Å². The van der Waals surface area contributed by atoms with Crippen molar-refractivity contribution in [2.75, 3.05) is 25.0 Å². The molecule has 1 saturated heterocycles.